The van der Waals surface area contributed by atoms with Crippen molar-refractivity contribution in [2.45, 2.75) is 46.1 Å². The fraction of sp³-hybridized carbons (Fsp3) is 0.571. The molecule has 0 aliphatic carbocycles. The Bertz CT molecular complexity index is 443. The molecule has 0 aliphatic heterocycles. The van der Waals surface area contributed by atoms with Crippen LogP contribution in [0, 0.1) is 0 Å². The molecule has 0 spiro atoms. The van der Waals surface area contributed by atoms with Gasteiger partial charge in [0.05, 0.1) is 13.0 Å². The molecule has 0 amide bonds. The van der Waals surface area contributed by atoms with E-state index in [1.165, 1.54) is 11.3 Å². The van der Waals surface area contributed by atoms with Gasteiger partial charge in [-0.05, 0) is 46.2 Å². The van der Waals surface area contributed by atoms with Crippen LogP contribution in [0.3, 0.4) is 0 Å². The van der Waals surface area contributed by atoms with Crippen molar-refractivity contribution in [3.8, 4) is 0 Å². The largest absolute Gasteiger partial charge is 0.462 e. The Labute approximate surface area is 117 Å². The first-order chi connectivity index (χ1) is 8.81. The first-order valence-corrected chi connectivity index (χ1v) is 7.11. The first kappa shape index (κ1) is 15.7. The summed E-state index contributed by atoms with van der Waals surface area (Å²) in [4.78, 5) is 24.6. The third kappa shape index (κ3) is 5.87. The summed E-state index contributed by atoms with van der Waals surface area (Å²) in [5.74, 6) is -0.533. The van der Waals surface area contributed by atoms with E-state index in [1.807, 2.05) is 26.8 Å². The predicted octanol–water partition coefficient (Wildman–Crippen LogP) is 3.20. The van der Waals surface area contributed by atoms with E-state index in [0.717, 1.165) is 4.88 Å². The fourth-order valence-electron chi connectivity index (χ4n) is 1.44. The third-order valence-electron chi connectivity index (χ3n) is 2.13. The second-order valence-corrected chi connectivity index (χ2v) is 6.24. The number of carbonyl (C=O) groups excluding carboxylic acids is 2. The van der Waals surface area contributed by atoms with Gasteiger partial charge in [0.2, 0.25) is 0 Å². The van der Waals surface area contributed by atoms with Crippen LogP contribution in [0.4, 0.5) is 0 Å². The van der Waals surface area contributed by atoms with E-state index in [0.29, 0.717) is 24.3 Å². The van der Waals surface area contributed by atoms with Crippen LogP contribution in [0.2, 0.25) is 0 Å². The topological polar surface area (TPSA) is 52.6 Å². The summed E-state index contributed by atoms with van der Waals surface area (Å²) >= 11 is 1.36. The van der Waals surface area contributed by atoms with Crippen molar-refractivity contribution >= 4 is 23.3 Å². The molecule has 19 heavy (non-hydrogen) atoms. The van der Waals surface area contributed by atoms with E-state index >= 15 is 0 Å². The molecule has 0 saturated carbocycles. The lowest BCUT2D eigenvalue weighted by Gasteiger charge is -2.19. The van der Waals surface area contributed by atoms with Crippen LogP contribution in [-0.2, 0) is 20.7 Å². The molecule has 0 N–H and O–H groups in total. The van der Waals surface area contributed by atoms with Gasteiger partial charge in [-0.3, -0.25) is 4.79 Å². The van der Waals surface area contributed by atoms with Gasteiger partial charge in [-0.2, -0.15) is 0 Å². The number of hydrogen-bond acceptors (Lipinski definition) is 5. The van der Waals surface area contributed by atoms with Crippen molar-refractivity contribution in [2.24, 2.45) is 0 Å². The highest BCUT2D eigenvalue weighted by Crippen LogP contribution is 2.19. The molecule has 1 aromatic heterocycles. The maximum Gasteiger partial charge on any atom is 0.348 e. The van der Waals surface area contributed by atoms with Gasteiger partial charge in [0.25, 0.3) is 0 Å². The SMILES string of the molecule is CCOC(=O)c1ccc(CCC(=O)OC(C)(C)C)s1. The van der Waals surface area contributed by atoms with Crippen LogP contribution in [0.15, 0.2) is 12.1 Å². The molecule has 0 aromatic carbocycles. The van der Waals surface area contributed by atoms with Gasteiger partial charge in [-0.25, -0.2) is 4.79 Å². The number of aryl methyl sites for hydroxylation is 1. The molecule has 0 unspecified atom stereocenters. The molecule has 0 atom stereocenters. The number of thiophene rings is 1. The van der Waals surface area contributed by atoms with Crippen LogP contribution in [0.25, 0.3) is 0 Å². The van der Waals surface area contributed by atoms with Crippen LogP contribution < -0.4 is 0 Å². The minimum Gasteiger partial charge on any atom is -0.462 e. The normalized spacial score (nSPS) is 11.2. The van der Waals surface area contributed by atoms with Crippen molar-refractivity contribution in [3.05, 3.63) is 21.9 Å². The Morgan fingerprint density at radius 3 is 2.53 bits per heavy atom. The maximum atomic E-state index is 11.6. The summed E-state index contributed by atoms with van der Waals surface area (Å²) in [6, 6.07) is 3.58. The molecule has 0 bridgehead atoms. The van der Waals surface area contributed by atoms with Gasteiger partial charge >= 0.3 is 11.9 Å². The van der Waals surface area contributed by atoms with E-state index in [4.69, 9.17) is 9.47 Å². The summed E-state index contributed by atoms with van der Waals surface area (Å²) in [5.41, 5.74) is -0.456. The minimum absolute atomic E-state index is 0.224. The lowest BCUT2D eigenvalue weighted by molar-refractivity contribution is -0.154. The predicted molar refractivity (Wildman–Crippen MR) is 74.4 cm³/mol. The summed E-state index contributed by atoms with van der Waals surface area (Å²) in [6.07, 6.45) is 0.902. The Balaban J connectivity index is 2.46. The zero-order chi connectivity index (χ0) is 14.5. The molecule has 0 radical (unpaired) electrons. The van der Waals surface area contributed by atoms with Gasteiger partial charge in [0.1, 0.15) is 10.5 Å². The fourth-order valence-corrected chi connectivity index (χ4v) is 2.34. The van der Waals surface area contributed by atoms with Gasteiger partial charge < -0.3 is 9.47 Å². The van der Waals surface area contributed by atoms with E-state index < -0.39 is 5.60 Å². The van der Waals surface area contributed by atoms with Crippen molar-refractivity contribution in [2.75, 3.05) is 6.61 Å². The Morgan fingerprint density at radius 2 is 1.95 bits per heavy atom. The molecule has 0 saturated heterocycles. The van der Waals surface area contributed by atoms with Gasteiger partial charge in [-0.15, -0.1) is 11.3 Å². The maximum absolute atomic E-state index is 11.6. The highest BCUT2D eigenvalue weighted by Gasteiger charge is 2.16. The average Bonchev–Trinajstić information content (AvgIpc) is 2.73. The molecule has 5 heteroatoms. The number of hydrogen-bond donors (Lipinski definition) is 0. The van der Waals surface area contributed by atoms with Gasteiger partial charge in [-0.1, -0.05) is 0 Å². The second-order valence-electron chi connectivity index (χ2n) is 5.07. The van der Waals surface area contributed by atoms with E-state index in [1.54, 1.807) is 13.0 Å². The van der Waals surface area contributed by atoms with Crippen LogP contribution >= 0.6 is 11.3 Å². The average molecular weight is 284 g/mol. The smallest absolute Gasteiger partial charge is 0.348 e. The monoisotopic (exact) mass is 284 g/mol. The number of rotatable bonds is 5. The van der Waals surface area contributed by atoms with Crippen molar-refractivity contribution in [1.29, 1.82) is 0 Å². The summed E-state index contributed by atoms with van der Waals surface area (Å²) in [6.45, 7) is 7.66. The Kier molecular flexibility index (Phi) is 5.54. The van der Waals surface area contributed by atoms with E-state index in [9.17, 15) is 9.59 Å². The Morgan fingerprint density at radius 1 is 1.26 bits per heavy atom. The second kappa shape index (κ2) is 6.70. The van der Waals surface area contributed by atoms with E-state index in [2.05, 4.69) is 0 Å². The van der Waals surface area contributed by atoms with Crippen molar-refractivity contribution in [1.82, 2.24) is 0 Å². The molecule has 1 aromatic rings. The highest BCUT2D eigenvalue weighted by atomic mass is 32.1. The summed E-state index contributed by atoms with van der Waals surface area (Å²) in [5, 5.41) is 0. The molecule has 106 valence electrons. The molecule has 0 aliphatic rings. The number of carbonyl (C=O) groups is 2. The quantitative estimate of drug-likeness (QED) is 0.779. The molecule has 4 nitrogen and oxygen atoms in total. The molecular formula is C14H20O4S. The molecular weight excluding hydrogens is 264 g/mol. The van der Waals surface area contributed by atoms with Crippen LogP contribution in [-0.4, -0.2) is 24.1 Å². The van der Waals surface area contributed by atoms with Gasteiger partial charge in [0, 0.05) is 4.88 Å². The molecule has 1 heterocycles. The first-order valence-electron chi connectivity index (χ1n) is 6.29. The summed E-state index contributed by atoms with van der Waals surface area (Å²) < 4.78 is 10.1. The standard InChI is InChI=1S/C14H20O4S/c1-5-17-13(16)11-8-6-10(19-11)7-9-12(15)18-14(2,3)4/h6,8H,5,7,9H2,1-4H3. The van der Waals surface area contributed by atoms with Crippen molar-refractivity contribution in [3.63, 3.8) is 0 Å². The molecule has 0 fully saturated rings. The number of esters is 2. The number of ether oxygens (including phenoxy) is 2. The zero-order valence-corrected chi connectivity index (χ0v) is 12.6. The minimum atomic E-state index is -0.456. The van der Waals surface area contributed by atoms with E-state index in [-0.39, 0.29) is 11.9 Å². The van der Waals surface area contributed by atoms with Crippen molar-refractivity contribution < 1.29 is 19.1 Å². The Hall–Kier alpha value is -1.36. The third-order valence-corrected chi connectivity index (χ3v) is 3.26. The van der Waals surface area contributed by atoms with Crippen LogP contribution in [0.5, 0.6) is 0 Å². The van der Waals surface area contributed by atoms with Gasteiger partial charge in [0.15, 0.2) is 0 Å². The lowest BCUT2D eigenvalue weighted by atomic mass is 10.2. The summed E-state index contributed by atoms with van der Waals surface area (Å²) in [7, 11) is 0. The van der Waals surface area contributed by atoms with Crippen LogP contribution in [0.1, 0.15) is 48.7 Å². The molecule has 1 rings (SSSR count). The lowest BCUT2D eigenvalue weighted by Crippen LogP contribution is -2.23. The zero-order valence-electron chi connectivity index (χ0n) is 11.8. The highest BCUT2D eigenvalue weighted by molar-refractivity contribution is 7.13.